The standard InChI is InChI=1S/C14H22N4O/c1-4-9(2)18(3)14-11(13(15)17-19)8-10-6-5-7-12(10)16-14/h8-9,19H,4-7H2,1-3H3,(H2,15,17). The van der Waals surface area contributed by atoms with E-state index >= 15 is 0 Å². The second-order valence-electron chi connectivity index (χ2n) is 5.17. The summed E-state index contributed by atoms with van der Waals surface area (Å²) in [6.45, 7) is 4.28. The summed E-state index contributed by atoms with van der Waals surface area (Å²) in [6.07, 6.45) is 4.20. The van der Waals surface area contributed by atoms with E-state index in [1.54, 1.807) is 0 Å². The normalized spacial score (nSPS) is 16.3. The number of aryl methyl sites for hydroxylation is 2. The molecule has 1 aromatic rings. The Kier molecular flexibility index (Phi) is 3.93. The SMILES string of the molecule is CCC(C)N(C)c1nc2c(cc1C(N)=NO)CCC2. The fraction of sp³-hybridized carbons (Fsp3) is 0.571. The molecule has 5 nitrogen and oxygen atoms in total. The molecule has 1 aliphatic rings. The Morgan fingerprint density at radius 1 is 1.58 bits per heavy atom. The zero-order chi connectivity index (χ0) is 14.0. The highest BCUT2D eigenvalue weighted by molar-refractivity contribution is 6.01. The van der Waals surface area contributed by atoms with Crippen molar-refractivity contribution in [2.24, 2.45) is 10.9 Å². The van der Waals surface area contributed by atoms with Crippen molar-refractivity contribution in [3.63, 3.8) is 0 Å². The molecular formula is C14H22N4O. The summed E-state index contributed by atoms with van der Waals surface area (Å²) in [5.74, 6) is 0.942. The number of rotatable bonds is 4. The van der Waals surface area contributed by atoms with E-state index in [9.17, 15) is 0 Å². The molecule has 1 aromatic heterocycles. The average molecular weight is 262 g/mol. The molecule has 2 rings (SSSR count). The lowest BCUT2D eigenvalue weighted by molar-refractivity contribution is 0.318. The third-order valence-electron chi connectivity index (χ3n) is 4.00. The van der Waals surface area contributed by atoms with E-state index in [4.69, 9.17) is 15.9 Å². The lowest BCUT2D eigenvalue weighted by atomic mass is 10.1. The lowest BCUT2D eigenvalue weighted by Gasteiger charge is -2.27. The van der Waals surface area contributed by atoms with Gasteiger partial charge in [0.05, 0.1) is 5.56 Å². The zero-order valence-corrected chi connectivity index (χ0v) is 11.8. The Hall–Kier alpha value is -1.78. The van der Waals surface area contributed by atoms with Gasteiger partial charge in [0.25, 0.3) is 0 Å². The summed E-state index contributed by atoms with van der Waals surface area (Å²) >= 11 is 0. The van der Waals surface area contributed by atoms with Crippen molar-refractivity contribution in [2.75, 3.05) is 11.9 Å². The molecule has 0 aliphatic heterocycles. The maximum absolute atomic E-state index is 8.96. The molecule has 3 N–H and O–H groups in total. The number of pyridine rings is 1. The minimum absolute atomic E-state index is 0.132. The summed E-state index contributed by atoms with van der Waals surface area (Å²) in [5, 5.41) is 12.1. The predicted octanol–water partition coefficient (Wildman–Crippen LogP) is 1.90. The topological polar surface area (TPSA) is 74.7 Å². The van der Waals surface area contributed by atoms with Crippen LogP contribution in [-0.4, -0.2) is 29.1 Å². The van der Waals surface area contributed by atoms with Crippen LogP contribution in [0.3, 0.4) is 0 Å². The molecule has 1 heterocycles. The van der Waals surface area contributed by atoms with Crippen LogP contribution in [0, 0.1) is 0 Å². The average Bonchev–Trinajstić information content (AvgIpc) is 2.90. The molecule has 1 atom stereocenters. The molecule has 0 radical (unpaired) electrons. The van der Waals surface area contributed by atoms with Gasteiger partial charge in [-0.1, -0.05) is 12.1 Å². The first-order chi connectivity index (χ1) is 9.08. The van der Waals surface area contributed by atoms with Crippen LogP contribution in [0.4, 0.5) is 5.82 Å². The molecule has 104 valence electrons. The molecule has 1 unspecified atom stereocenters. The van der Waals surface area contributed by atoms with Crippen LogP contribution in [0.1, 0.15) is 43.5 Å². The first-order valence-electron chi connectivity index (χ1n) is 6.82. The van der Waals surface area contributed by atoms with Gasteiger partial charge in [-0.25, -0.2) is 4.98 Å². The third-order valence-corrected chi connectivity index (χ3v) is 4.00. The largest absolute Gasteiger partial charge is 0.409 e. The first-order valence-corrected chi connectivity index (χ1v) is 6.82. The van der Waals surface area contributed by atoms with Gasteiger partial charge in [0.2, 0.25) is 0 Å². The quantitative estimate of drug-likeness (QED) is 0.376. The van der Waals surface area contributed by atoms with Gasteiger partial charge in [-0.3, -0.25) is 0 Å². The minimum Gasteiger partial charge on any atom is -0.409 e. The number of nitrogens with two attached hydrogens (primary N) is 1. The van der Waals surface area contributed by atoms with Gasteiger partial charge in [-0.2, -0.15) is 0 Å². The van der Waals surface area contributed by atoms with Crippen LogP contribution >= 0.6 is 0 Å². The van der Waals surface area contributed by atoms with Crippen molar-refractivity contribution >= 4 is 11.7 Å². The molecule has 1 aliphatic carbocycles. The van der Waals surface area contributed by atoms with Crippen LogP contribution < -0.4 is 10.6 Å². The molecule has 0 fully saturated rings. The van der Waals surface area contributed by atoms with Crippen LogP contribution in [0.5, 0.6) is 0 Å². The van der Waals surface area contributed by atoms with Crippen molar-refractivity contribution in [1.29, 1.82) is 0 Å². The van der Waals surface area contributed by atoms with E-state index in [2.05, 4.69) is 23.9 Å². The van der Waals surface area contributed by atoms with Gasteiger partial charge in [0, 0.05) is 18.8 Å². The molecule has 0 saturated carbocycles. The van der Waals surface area contributed by atoms with Crippen molar-refractivity contribution < 1.29 is 5.21 Å². The molecule has 0 spiro atoms. The van der Waals surface area contributed by atoms with Gasteiger partial charge in [-0.15, -0.1) is 0 Å². The van der Waals surface area contributed by atoms with Crippen molar-refractivity contribution in [2.45, 2.75) is 45.6 Å². The number of aromatic nitrogens is 1. The van der Waals surface area contributed by atoms with Gasteiger partial charge < -0.3 is 15.8 Å². The number of hydrogen-bond donors (Lipinski definition) is 2. The number of oxime groups is 1. The smallest absolute Gasteiger partial charge is 0.173 e. The summed E-state index contributed by atoms with van der Waals surface area (Å²) in [5.41, 5.74) is 8.91. The molecule has 0 bridgehead atoms. The molecule has 0 saturated heterocycles. The van der Waals surface area contributed by atoms with Gasteiger partial charge in [-0.05, 0) is 44.2 Å². The Balaban J connectivity index is 2.51. The number of fused-ring (bicyclic) bond motifs is 1. The molecule has 0 amide bonds. The zero-order valence-electron chi connectivity index (χ0n) is 11.8. The summed E-state index contributed by atoms with van der Waals surface area (Å²) < 4.78 is 0. The van der Waals surface area contributed by atoms with Crippen LogP contribution in [-0.2, 0) is 12.8 Å². The van der Waals surface area contributed by atoms with Crippen LogP contribution in [0.25, 0.3) is 0 Å². The maximum atomic E-state index is 8.96. The second kappa shape index (κ2) is 5.47. The van der Waals surface area contributed by atoms with Gasteiger partial charge in [0.1, 0.15) is 5.82 Å². The van der Waals surface area contributed by atoms with E-state index < -0.39 is 0 Å². The molecule has 19 heavy (non-hydrogen) atoms. The second-order valence-corrected chi connectivity index (χ2v) is 5.17. The summed E-state index contributed by atoms with van der Waals surface area (Å²) in [6, 6.07) is 2.38. The number of nitrogens with zero attached hydrogens (tertiary/aromatic N) is 3. The Morgan fingerprint density at radius 2 is 2.32 bits per heavy atom. The van der Waals surface area contributed by atoms with Crippen molar-refractivity contribution in [3.8, 4) is 0 Å². The fourth-order valence-electron chi connectivity index (χ4n) is 2.45. The number of amidine groups is 1. The first kappa shape index (κ1) is 13.6. The van der Waals surface area contributed by atoms with Crippen LogP contribution in [0.15, 0.2) is 11.2 Å². The highest BCUT2D eigenvalue weighted by Gasteiger charge is 2.22. The fourth-order valence-corrected chi connectivity index (χ4v) is 2.45. The van der Waals surface area contributed by atoms with E-state index in [0.717, 1.165) is 42.8 Å². The molecular weight excluding hydrogens is 240 g/mol. The van der Waals surface area contributed by atoms with Crippen LogP contribution in [0.2, 0.25) is 0 Å². The van der Waals surface area contributed by atoms with E-state index in [-0.39, 0.29) is 5.84 Å². The molecule has 5 heteroatoms. The van der Waals surface area contributed by atoms with E-state index in [0.29, 0.717) is 6.04 Å². The van der Waals surface area contributed by atoms with Gasteiger partial charge >= 0.3 is 0 Å². The highest BCUT2D eigenvalue weighted by atomic mass is 16.4. The highest BCUT2D eigenvalue weighted by Crippen LogP contribution is 2.28. The lowest BCUT2D eigenvalue weighted by Crippen LogP contribution is -2.32. The summed E-state index contributed by atoms with van der Waals surface area (Å²) in [4.78, 5) is 6.85. The Labute approximate surface area is 114 Å². The minimum atomic E-state index is 0.132. The van der Waals surface area contributed by atoms with Gasteiger partial charge in [0.15, 0.2) is 5.84 Å². The third kappa shape index (κ3) is 2.50. The van der Waals surface area contributed by atoms with Crippen molar-refractivity contribution in [3.05, 3.63) is 22.9 Å². The van der Waals surface area contributed by atoms with E-state index in [1.165, 1.54) is 5.56 Å². The Morgan fingerprint density at radius 3 is 2.95 bits per heavy atom. The molecule has 0 aromatic carbocycles. The summed E-state index contributed by atoms with van der Waals surface area (Å²) in [7, 11) is 2.01. The van der Waals surface area contributed by atoms with E-state index in [1.807, 2.05) is 13.1 Å². The Bertz CT molecular complexity index is 498. The predicted molar refractivity (Wildman–Crippen MR) is 76.9 cm³/mol. The monoisotopic (exact) mass is 262 g/mol. The number of hydrogen-bond acceptors (Lipinski definition) is 4. The maximum Gasteiger partial charge on any atom is 0.173 e. The number of anilines is 1. The van der Waals surface area contributed by atoms with Crippen molar-refractivity contribution in [1.82, 2.24) is 4.98 Å².